The van der Waals surface area contributed by atoms with Crippen molar-refractivity contribution in [2.45, 2.75) is 26.9 Å². The molecule has 1 fully saturated rings. The molecular formula is C16H17F3O2. The van der Waals surface area contributed by atoms with Crippen molar-refractivity contribution >= 4 is 12.0 Å². The summed E-state index contributed by atoms with van der Waals surface area (Å²) < 4.78 is 38.0. The number of carboxylic acids is 1. The van der Waals surface area contributed by atoms with Gasteiger partial charge in [-0.05, 0) is 35.4 Å². The number of alkyl halides is 3. The molecule has 1 aromatic carbocycles. The van der Waals surface area contributed by atoms with Crippen LogP contribution in [0.1, 0.15) is 30.5 Å². The fraction of sp³-hybridized carbons (Fsp3) is 0.438. The highest BCUT2D eigenvalue weighted by molar-refractivity contribution is 5.76. The molecule has 0 bridgehead atoms. The van der Waals surface area contributed by atoms with Crippen molar-refractivity contribution in [1.82, 2.24) is 0 Å². The van der Waals surface area contributed by atoms with Crippen molar-refractivity contribution in [3.05, 3.63) is 41.0 Å². The zero-order valence-electron chi connectivity index (χ0n) is 12.0. The molecule has 0 aliphatic heterocycles. The van der Waals surface area contributed by atoms with E-state index in [2.05, 4.69) is 0 Å². The second-order valence-electron chi connectivity index (χ2n) is 6.09. The summed E-state index contributed by atoms with van der Waals surface area (Å²) in [5.74, 6) is -1.35. The largest absolute Gasteiger partial charge is 0.481 e. The fourth-order valence-electron chi connectivity index (χ4n) is 2.83. The van der Waals surface area contributed by atoms with Gasteiger partial charge in [-0.25, -0.2) is 0 Å². The number of carbonyl (C=O) groups is 1. The second-order valence-corrected chi connectivity index (χ2v) is 6.09. The Morgan fingerprint density at radius 3 is 2.38 bits per heavy atom. The zero-order chi connectivity index (χ0) is 16.0. The first-order valence-corrected chi connectivity index (χ1v) is 6.64. The van der Waals surface area contributed by atoms with Crippen LogP contribution in [-0.2, 0) is 11.0 Å². The summed E-state index contributed by atoms with van der Waals surface area (Å²) in [7, 11) is 0. The van der Waals surface area contributed by atoms with Crippen molar-refractivity contribution in [1.29, 1.82) is 0 Å². The van der Waals surface area contributed by atoms with Gasteiger partial charge in [0, 0.05) is 0 Å². The average Bonchev–Trinajstić information content (AvgIpc) is 2.87. The van der Waals surface area contributed by atoms with E-state index >= 15 is 0 Å². The number of benzene rings is 1. The summed E-state index contributed by atoms with van der Waals surface area (Å²) in [5, 5.41) is 9.07. The minimum absolute atomic E-state index is 0.0856. The van der Waals surface area contributed by atoms with Crippen molar-refractivity contribution in [3.63, 3.8) is 0 Å². The van der Waals surface area contributed by atoms with Crippen LogP contribution >= 0.6 is 0 Å². The van der Waals surface area contributed by atoms with E-state index in [1.54, 1.807) is 12.2 Å². The van der Waals surface area contributed by atoms with E-state index in [0.717, 1.165) is 6.07 Å². The highest BCUT2D eigenvalue weighted by Gasteiger charge is 2.60. The molecule has 1 saturated carbocycles. The number of aliphatic carboxylic acids is 1. The summed E-state index contributed by atoms with van der Waals surface area (Å²) >= 11 is 0. The Kier molecular flexibility index (Phi) is 3.64. The van der Waals surface area contributed by atoms with Gasteiger partial charge >= 0.3 is 12.1 Å². The lowest BCUT2D eigenvalue weighted by Gasteiger charge is -2.10. The van der Waals surface area contributed by atoms with Crippen molar-refractivity contribution < 1.29 is 23.1 Å². The normalized spacial score (nSPS) is 24.3. The third-order valence-corrected chi connectivity index (χ3v) is 4.23. The van der Waals surface area contributed by atoms with E-state index < -0.39 is 23.6 Å². The Hall–Kier alpha value is -1.78. The van der Waals surface area contributed by atoms with Gasteiger partial charge in [0.2, 0.25) is 0 Å². The molecule has 0 spiro atoms. The van der Waals surface area contributed by atoms with Crippen molar-refractivity contribution in [3.8, 4) is 0 Å². The third-order valence-electron chi connectivity index (χ3n) is 4.23. The molecule has 1 aliphatic rings. The number of allylic oxidation sites excluding steroid dienone is 1. The Morgan fingerprint density at radius 2 is 1.95 bits per heavy atom. The SMILES string of the molecule is Cc1cc(C=CC2C(C(=O)O)C2(C)C)ccc1C(F)(F)F. The maximum atomic E-state index is 12.7. The maximum Gasteiger partial charge on any atom is 0.416 e. The van der Waals surface area contributed by atoms with Crippen LogP contribution in [0.5, 0.6) is 0 Å². The lowest BCUT2D eigenvalue weighted by atomic mass is 10.0. The minimum Gasteiger partial charge on any atom is -0.481 e. The Bertz CT molecular complexity index is 600. The quantitative estimate of drug-likeness (QED) is 0.899. The van der Waals surface area contributed by atoms with Gasteiger partial charge in [-0.1, -0.05) is 38.1 Å². The van der Waals surface area contributed by atoms with Gasteiger partial charge in [-0.3, -0.25) is 4.79 Å². The second kappa shape index (κ2) is 4.90. The molecule has 0 amide bonds. The molecule has 5 heteroatoms. The lowest BCUT2D eigenvalue weighted by molar-refractivity contribution is -0.139. The first kappa shape index (κ1) is 15.6. The standard InChI is InChI=1S/C16H17F3O2/c1-9-8-10(4-6-11(9)16(17,18)19)5-7-12-13(14(20)21)15(12,2)3/h4-8,12-13H,1-3H3,(H,20,21). The van der Waals surface area contributed by atoms with Crippen LogP contribution in [-0.4, -0.2) is 11.1 Å². The smallest absolute Gasteiger partial charge is 0.416 e. The van der Waals surface area contributed by atoms with Crippen LogP contribution in [0.3, 0.4) is 0 Å². The molecule has 0 heterocycles. The number of hydrogen-bond donors (Lipinski definition) is 1. The molecule has 0 aromatic heterocycles. The van der Waals surface area contributed by atoms with Gasteiger partial charge in [0.1, 0.15) is 0 Å². The van der Waals surface area contributed by atoms with E-state index in [-0.39, 0.29) is 16.9 Å². The summed E-state index contributed by atoms with van der Waals surface area (Å²) in [6, 6.07) is 3.92. The summed E-state index contributed by atoms with van der Waals surface area (Å²) in [4.78, 5) is 11.0. The predicted octanol–water partition coefficient (Wildman–Crippen LogP) is 4.38. The Labute approximate surface area is 121 Å². The van der Waals surface area contributed by atoms with E-state index in [1.165, 1.54) is 19.1 Å². The van der Waals surface area contributed by atoms with Gasteiger partial charge in [0.05, 0.1) is 11.5 Å². The Morgan fingerprint density at radius 1 is 1.33 bits per heavy atom. The summed E-state index contributed by atoms with van der Waals surface area (Å²) in [6.45, 7) is 5.17. The summed E-state index contributed by atoms with van der Waals surface area (Å²) in [5.41, 5.74) is -0.139. The molecule has 2 unspecified atom stereocenters. The first-order valence-electron chi connectivity index (χ1n) is 6.64. The third kappa shape index (κ3) is 2.96. The molecule has 0 radical (unpaired) electrons. The van der Waals surface area contributed by atoms with Crippen LogP contribution in [0, 0.1) is 24.2 Å². The van der Waals surface area contributed by atoms with Gasteiger partial charge in [0.15, 0.2) is 0 Å². The predicted molar refractivity (Wildman–Crippen MR) is 73.6 cm³/mol. The number of rotatable bonds is 3. The van der Waals surface area contributed by atoms with Crippen LogP contribution in [0.15, 0.2) is 24.3 Å². The van der Waals surface area contributed by atoms with Crippen LogP contribution in [0.25, 0.3) is 6.08 Å². The Balaban J connectivity index is 2.17. The lowest BCUT2D eigenvalue weighted by Crippen LogP contribution is -2.07. The van der Waals surface area contributed by atoms with Crippen LogP contribution in [0.2, 0.25) is 0 Å². The van der Waals surface area contributed by atoms with E-state index in [1.807, 2.05) is 13.8 Å². The zero-order valence-corrected chi connectivity index (χ0v) is 12.0. The van der Waals surface area contributed by atoms with Crippen LogP contribution < -0.4 is 0 Å². The average molecular weight is 298 g/mol. The number of aryl methyl sites for hydroxylation is 1. The molecular weight excluding hydrogens is 281 g/mol. The molecule has 21 heavy (non-hydrogen) atoms. The monoisotopic (exact) mass is 298 g/mol. The number of hydrogen-bond acceptors (Lipinski definition) is 1. The maximum absolute atomic E-state index is 12.7. The summed E-state index contributed by atoms with van der Waals surface area (Å²) in [6.07, 6.45) is -0.872. The highest BCUT2D eigenvalue weighted by atomic mass is 19.4. The molecule has 114 valence electrons. The van der Waals surface area contributed by atoms with E-state index in [9.17, 15) is 18.0 Å². The van der Waals surface area contributed by atoms with Gasteiger partial charge in [-0.15, -0.1) is 0 Å². The minimum atomic E-state index is -4.35. The van der Waals surface area contributed by atoms with E-state index in [0.29, 0.717) is 5.56 Å². The van der Waals surface area contributed by atoms with Crippen molar-refractivity contribution in [2.75, 3.05) is 0 Å². The number of carboxylic acid groups (broad SMARTS) is 1. The van der Waals surface area contributed by atoms with Gasteiger partial charge in [-0.2, -0.15) is 13.2 Å². The first-order chi connectivity index (χ1) is 9.55. The molecule has 1 aliphatic carbocycles. The van der Waals surface area contributed by atoms with Crippen LogP contribution in [0.4, 0.5) is 13.2 Å². The van der Waals surface area contributed by atoms with Crippen molar-refractivity contribution in [2.24, 2.45) is 17.3 Å². The fourth-order valence-corrected chi connectivity index (χ4v) is 2.83. The number of halogens is 3. The molecule has 1 N–H and O–H groups in total. The van der Waals surface area contributed by atoms with E-state index in [4.69, 9.17) is 5.11 Å². The molecule has 1 aromatic rings. The topological polar surface area (TPSA) is 37.3 Å². The highest BCUT2D eigenvalue weighted by Crippen LogP contribution is 2.59. The molecule has 0 saturated heterocycles. The molecule has 2 atom stereocenters. The van der Waals surface area contributed by atoms with Gasteiger partial charge < -0.3 is 5.11 Å². The molecule has 2 rings (SSSR count). The van der Waals surface area contributed by atoms with Gasteiger partial charge in [0.25, 0.3) is 0 Å². The molecule has 2 nitrogen and oxygen atoms in total.